The predicted octanol–water partition coefficient (Wildman–Crippen LogP) is 0.464. The summed E-state index contributed by atoms with van der Waals surface area (Å²) in [5.41, 5.74) is 5.60. The zero-order valence-corrected chi connectivity index (χ0v) is 8.82. The molecule has 1 saturated heterocycles. The number of piperidine rings is 1. The van der Waals surface area contributed by atoms with Crippen molar-refractivity contribution in [1.29, 1.82) is 0 Å². The number of aromatic nitrogens is 2. The maximum atomic E-state index is 6.25. The van der Waals surface area contributed by atoms with Crippen molar-refractivity contribution in [2.45, 2.75) is 18.4 Å². The van der Waals surface area contributed by atoms with E-state index < -0.39 is 5.54 Å². The second-order valence-electron chi connectivity index (χ2n) is 4.14. The van der Waals surface area contributed by atoms with Gasteiger partial charge in [0.25, 0.3) is 0 Å². The Labute approximate surface area is 90.3 Å². The van der Waals surface area contributed by atoms with Gasteiger partial charge in [-0.05, 0) is 44.8 Å². The molecule has 15 heavy (non-hydrogen) atoms. The van der Waals surface area contributed by atoms with Crippen LogP contribution in [0.5, 0.6) is 0 Å². The molecular formula is C11H17N4. The molecule has 1 aliphatic heterocycles. The average molecular weight is 205 g/mol. The zero-order valence-electron chi connectivity index (χ0n) is 8.82. The summed E-state index contributed by atoms with van der Waals surface area (Å²) in [5, 5.41) is 3.31. The van der Waals surface area contributed by atoms with Crippen molar-refractivity contribution >= 4 is 0 Å². The highest BCUT2D eigenvalue weighted by Crippen LogP contribution is 2.29. The van der Waals surface area contributed by atoms with Crippen LogP contribution in [0.2, 0.25) is 0 Å². The van der Waals surface area contributed by atoms with Crippen molar-refractivity contribution < 1.29 is 0 Å². The van der Waals surface area contributed by atoms with Gasteiger partial charge >= 0.3 is 0 Å². The Morgan fingerprint density at radius 3 is 2.53 bits per heavy atom. The normalized spacial score (nSPS) is 22.3. The first kappa shape index (κ1) is 10.5. The fourth-order valence-corrected chi connectivity index (χ4v) is 2.06. The van der Waals surface area contributed by atoms with Gasteiger partial charge < -0.3 is 11.1 Å². The van der Waals surface area contributed by atoms with Crippen molar-refractivity contribution in [2.75, 3.05) is 13.1 Å². The number of hydrogen-bond acceptors (Lipinski definition) is 4. The van der Waals surface area contributed by atoms with E-state index >= 15 is 0 Å². The van der Waals surface area contributed by atoms with E-state index in [4.69, 9.17) is 5.73 Å². The molecule has 0 aromatic carbocycles. The van der Waals surface area contributed by atoms with Gasteiger partial charge in [-0.25, -0.2) is 9.97 Å². The first-order valence-corrected chi connectivity index (χ1v) is 5.33. The Hall–Kier alpha value is -1.00. The van der Waals surface area contributed by atoms with E-state index in [9.17, 15) is 0 Å². The lowest BCUT2D eigenvalue weighted by atomic mass is 9.79. The van der Waals surface area contributed by atoms with Gasteiger partial charge in [0.05, 0.1) is 5.54 Å². The highest BCUT2D eigenvalue weighted by atomic mass is 15.0. The predicted molar refractivity (Wildman–Crippen MR) is 58.8 cm³/mol. The zero-order chi connectivity index (χ0) is 10.7. The maximum Gasteiger partial charge on any atom is 0.148 e. The van der Waals surface area contributed by atoms with Crippen LogP contribution in [0, 0.1) is 12.8 Å². The van der Waals surface area contributed by atoms with Crippen LogP contribution >= 0.6 is 0 Å². The van der Waals surface area contributed by atoms with Gasteiger partial charge in [-0.2, -0.15) is 0 Å². The van der Waals surface area contributed by atoms with Gasteiger partial charge in [-0.3, -0.25) is 0 Å². The second-order valence-corrected chi connectivity index (χ2v) is 4.14. The molecule has 4 heteroatoms. The standard InChI is InChI=1S/C11H17N4/c1-11(12,9-3-7-13-8-4-9)10-14-5-2-6-15-10/h2,5-6,9,13H,1,3-4,7-8,12H2. The molecule has 0 amide bonds. The van der Waals surface area contributed by atoms with Crippen LogP contribution in [0.4, 0.5) is 0 Å². The maximum absolute atomic E-state index is 6.25. The van der Waals surface area contributed by atoms with Gasteiger partial charge in [0, 0.05) is 12.4 Å². The molecule has 1 unspecified atom stereocenters. The van der Waals surface area contributed by atoms with Crippen LogP contribution in [-0.4, -0.2) is 23.1 Å². The summed E-state index contributed by atoms with van der Waals surface area (Å²) in [4.78, 5) is 8.41. The highest BCUT2D eigenvalue weighted by Gasteiger charge is 2.35. The molecule has 1 aliphatic rings. The quantitative estimate of drug-likeness (QED) is 0.736. The molecule has 0 saturated carbocycles. The molecule has 0 bridgehead atoms. The molecule has 81 valence electrons. The fraction of sp³-hybridized carbons (Fsp3) is 0.545. The monoisotopic (exact) mass is 205 g/mol. The molecule has 3 N–H and O–H groups in total. The van der Waals surface area contributed by atoms with Crippen molar-refractivity contribution in [2.24, 2.45) is 11.7 Å². The van der Waals surface area contributed by atoms with Gasteiger partial charge in [-0.1, -0.05) is 0 Å². The molecule has 0 spiro atoms. The molecule has 1 atom stereocenters. The largest absolute Gasteiger partial charge is 0.319 e. The first-order valence-electron chi connectivity index (χ1n) is 5.33. The van der Waals surface area contributed by atoms with E-state index in [-0.39, 0.29) is 0 Å². The topological polar surface area (TPSA) is 63.8 Å². The smallest absolute Gasteiger partial charge is 0.148 e. The molecule has 1 radical (unpaired) electrons. The summed E-state index contributed by atoms with van der Waals surface area (Å²) in [6.07, 6.45) is 5.52. The third kappa shape index (κ3) is 2.16. The van der Waals surface area contributed by atoms with Crippen molar-refractivity contribution in [3.8, 4) is 0 Å². The Morgan fingerprint density at radius 1 is 1.33 bits per heavy atom. The third-order valence-corrected chi connectivity index (χ3v) is 3.05. The lowest BCUT2D eigenvalue weighted by molar-refractivity contribution is 0.249. The fourth-order valence-electron chi connectivity index (χ4n) is 2.06. The summed E-state index contributed by atoms with van der Waals surface area (Å²) >= 11 is 0. The Kier molecular flexibility index (Phi) is 2.98. The minimum atomic E-state index is -0.649. The van der Waals surface area contributed by atoms with Crippen molar-refractivity contribution in [1.82, 2.24) is 15.3 Å². The van der Waals surface area contributed by atoms with Crippen LogP contribution < -0.4 is 11.1 Å². The molecular weight excluding hydrogens is 188 g/mol. The molecule has 2 rings (SSSR count). The lowest BCUT2D eigenvalue weighted by Crippen LogP contribution is -2.47. The van der Waals surface area contributed by atoms with E-state index in [0.717, 1.165) is 25.9 Å². The molecule has 0 aliphatic carbocycles. The number of nitrogens with one attached hydrogen (secondary N) is 1. The van der Waals surface area contributed by atoms with Crippen molar-refractivity contribution in [3.63, 3.8) is 0 Å². The summed E-state index contributed by atoms with van der Waals surface area (Å²) in [6.45, 7) is 6.10. The van der Waals surface area contributed by atoms with Gasteiger partial charge in [0.1, 0.15) is 5.82 Å². The van der Waals surface area contributed by atoms with Crippen LogP contribution in [0.1, 0.15) is 18.7 Å². The minimum absolute atomic E-state index is 0.362. The van der Waals surface area contributed by atoms with Crippen molar-refractivity contribution in [3.05, 3.63) is 31.2 Å². The summed E-state index contributed by atoms with van der Waals surface area (Å²) in [6, 6.07) is 1.79. The molecule has 1 fully saturated rings. The van der Waals surface area contributed by atoms with Crippen LogP contribution in [0.15, 0.2) is 18.5 Å². The van der Waals surface area contributed by atoms with E-state index in [2.05, 4.69) is 22.2 Å². The highest BCUT2D eigenvalue weighted by molar-refractivity contribution is 5.10. The number of nitrogens with two attached hydrogens (primary N) is 1. The van der Waals surface area contributed by atoms with E-state index in [1.807, 2.05) is 0 Å². The van der Waals surface area contributed by atoms with E-state index in [1.54, 1.807) is 18.5 Å². The summed E-state index contributed by atoms with van der Waals surface area (Å²) < 4.78 is 0. The van der Waals surface area contributed by atoms with Crippen LogP contribution in [-0.2, 0) is 5.54 Å². The minimum Gasteiger partial charge on any atom is -0.319 e. The van der Waals surface area contributed by atoms with Crippen LogP contribution in [0.3, 0.4) is 0 Å². The van der Waals surface area contributed by atoms with Gasteiger partial charge in [0.15, 0.2) is 0 Å². The van der Waals surface area contributed by atoms with Crippen LogP contribution in [0.25, 0.3) is 0 Å². The number of rotatable bonds is 2. The SMILES string of the molecule is [CH2]C(N)(c1ncccn1)C1CCNCC1. The molecule has 2 heterocycles. The van der Waals surface area contributed by atoms with Gasteiger partial charge in [0.2, 0.25) is 0 Å². The summed E-state index contributed by atoms with van der Waals surface area (Å²) in [5.74, 6) is 1.01. The Morgan fingerprint density at radius 2 is 1.93 bits per heavy atom. The van der Waals surface area contributed by atoms with Gasteiger partial charge in [-0.15, -0.1) is 0 Å². The lowest BCUT2D eigenvalue weighted by Gasteiger charge is -2.35. The first-order chi connectivity index (χ1) is 7.21. The third-order valence-electron chi connectivity index (χ3n) is 3.05. The average Bonchev–Trinajstić information content (AvgIpc) is 2.31. The summed E-state index contributed by atoms with van der Waals surface area (Å²) in [7, 11) is 0. The number of nitrogens with zero attached hydrogens (tertiary/aromatic N) is 2. The molecule has 4 nitrogen and oxygen atoms in total. The molecule has 1 aromatic rings. The van der Waals surface area contributed by atoms with E-state index in [0.29, 0.717) is 11.7 Å². The Bertz CT molecular complexity index is 304. The Balaban J connectivity index is 2.18. The second kappa shape index (κ2) is 4.24. The number of hydrogen-bond donors (Lipinski definition) is 2. The molecule has 1 aromatic heterocycles. The van der Waals surface area contributed by atoms with E-state index in [1.165, 1.54) is 0 Å².